The molecule has 2 atom stereocenters. The number of hydrogen-bond donors (Lipinski definition) is 3. The number of hydrogen-bond acceptors (Lipinski definition) is 5. The average Bonchev–Trinajstić information content (AvgIpc) is 2.95. The second-order valence-corrected chi connectivity index (χ2v) is 7.41. The van der Waals surface area contributed by atoms with Gasteiger partial charge in [-0.05, 0) is 31.4 Å². The van der Waals surface area contributed by atoms with Gasteiger partial charge in [0.05, 0.1) is 5.56 Å². The molecule has 0 spiro atoms. The lowest BCUT2D eigenvalue weighted by Gasteiger charge is -2.18. The van der Waals surface area contributed by atoms with Gasteiger partial charge in [-0.3, -0.25) is 4.79 Å². The molecule has 2 unspecified atom stereocenters. The number of carbonyl (C=O) groups excluding carboxylic acids is 1. The van der Waals surface area contributed by atoms with Crippen LogP contribution < -0.4 is 16.2 Å². The molecule has 1 heterocycles. The van der Waals surface area contributed by atoms with E-state index in [9.17, 15) is 13.2 Å². The first-order valence-electron chi connectivity index (χ1n) is 6.04. The van der Waals surface area contributed by atoms with E-state index in [1.54, 1.807) is 0 Å². The van der Waals surface area contributed by atoms with Gasteiger partial charge in [0.15, 0.2) is 0 Å². The summed E-state index contributed by atoms with van der Waals surface area (Å²) in [6.07, 6.45) is 2.99. The maximum atomic E-state index is 12.0. The van der Waals surface area contributed by atoms with Crippen LogP contribution in [0.4, 0.5) is 0 Å². The molecule has 1 aliphatic rings. The van der Waals surface area contributed by atoms with Crippen LogP contribution >= 0.6 is 11.3 Å². The molecule has 1 aliphatic carbocycles. The van der Waals surface area contributed by atoms with E-state index in [0.717, 1.165) is 30.6 Å². The van der Waals surface area contributed by atoms with Crippen LogP contribution in [0.15, 0.2) is 15.7 Å². The molecule has 8 heteroatoms. The zero-order valence-electron chi connectivity index (χ0n) is 10.3. The zero-order chi connectivity index (χ0) is 14.0. The first-order valence-corrected chi connectivity index (χ1v) is 8.46. The van der Waals surface area contributed by atoms with Crippen molar-refractivity contribution in [2.75, 3.05) is 6.54 Å². The summed E-state index contributed by atoms with van der Waals surface area (Å²) >= 11 is 0.951. The Morgan fingerprint density at radius 3 is 2.79 bits per heavy atom. The number of rotatable bonds is 4. The van der Waals surface area contributed by atoms with Crippen LogP contribution in [0.2, 0.25) is 0 Å². The summed E-state index contributed by atoms with van der Waals surface area (Å²) in [7, 11) is -3.74. The highest BCUT2D eigenvalue weighted by Gasteiger charge is 2.28. The van der Waals surface area contributed by atoms with E-state index < -0.39 is 10.0 Å². The molecule has 0 saturated heterocycles. The van der Waals surface area contributed by atoms with Crippen LogP contribution in [0.1, 0.15) is 29.6 Å². The minimum Gasteiger partial charge on any atom is -0.349 e. The number of nitrogens with one attached hydrogen (secondary N) is 1. The van der Waals surface area contributed by atoms with Gasteiger partial charge in [0.2, 0.25) is 10.0 Å². The Bertz CT molecular complexity index is 567. The molecule has 6 nitrogen and oxygen atoms in total. The predicted octanol–water partition coefficient (Wildman–Crippen LogP) is 0.253. The minimum absolute atomic E-state index is 0.000512. The third kappa shape index (κ3) is 3.33. The molecular weight excluding hydrogens is 286 g/mol. The van der Waals surface area contributed by atoms with Crippen molar-refractivity contribution in [1.29, 1.82) is 0 Å². The normalized spacial score (nSPS) is 23.5. The maximum absolute atomic E-state index is 12.0. The molecular formula is C11H17N3O3S2. The summed E-state index contributed by atoms with van der Waals surface area (Å²) in [5.41, 5.74) is 5.98. The second kappa shape index (κ2) is 5.58. The highest BCUT2D eigenvalue weighted by atomic mass is 32.2. The third-order valence-electron chi connectivity index (χ3n) is 3.40. The van der Waals surface area contributed by atoms with Crippen LogP contribution in [0, 0.1) is 5.92 Å². The molecule has 19 heavy (non-hydrogen) atoms. The summed E-state index contributed by atoms with van der Waals surface area (Å²) in [5.74, 6) is 0.0387. The lowest BCUT2D eigenvalue weighted by molar-refractivity contribution is 0.0929. The average molecular weight is 303 g/mol. The Hall–Kier alpha value is -0.960. The summed E-state index contributed by atoms with van der Waals surface area (Å²) in [4.78, 5) is 12.0. The quantitative estimate of drug-likeness (QED) is 0.739. The molecule has 1 aromatic rings. The molecule has 1 amide bonds. The number of thiophene rings is 1. The van der Waals surface area contributed by atoms with Crippen molar-refractivity contribution >= 4 is 27.3 Å². The maximum Gasteiger partial charge on any atom is 0.252 e. The van der Waals surface area contributed by atoms with Gasteiger partial charge in [-0.1, -0.05) is 6.42 Å². The largest absolute Gasteiger partial charge is 0.349 e. The summed E-state index contributed by atoms with van der Waals surface area (Å²) in [6, 6.07) is 1.39. The first-order chi connectivity index (χ1) is 8.91. The molecule has 1 fully saturated rings. The van der Waals surface area contributed by atoms with Gasteiger partial charge < -0.3 is 11.1 Å². The van der Waals surface area contributed by atoms with Gasteiger partial charge in [0, 0.05) is 11.4 Å². The van der Waals surface area contributed by atoms with Crippen LogP contribution in [0.5, 0.6) is 0 Å². The molecule has 1 saturated carbocycles. The minimum atomic E-state index is -3.74. The zero-order valence-corrected chi connectivity index (χ0v) is 12.0. The molecule has 0 aromatic carbocycles. The van der Waals surface area contributed by atoms with Gasteiger partial charge in [0.1, 0.15) is 4.21 Å². The van der Waals surface area contributed by atoms with Crippen molar-refractivity contribution in [3.8, 4) is 0 Å². The fourth-order valence-corrected chi connectivity index (χ4v) is 3.93. The molecule has 0 bridgehead atoms. The second-order valence-electron chi connectivity index (χ2n) is 4.71. The topological polar surface area (TPSA) is 115 Å². The molecule has 2 rings (SSSR count). The monoisotopic (exact) mass is 303 g/mol. The molecule has 106 valence electrons. The van der Waals surface area contributed by atoms with E-state index in [4.69, 9.17) is 10.9 Å². The van der Waals surface area contributed by atoms with Crippen molar-refractivity contribution in [1.82, 2.24) is 5.32 Å². The highest BCUT2D eigenvalue weighted by molar-refractivity contribution is 7.91. The van der Waals surface area contributed by atoms with Crippen LogP contribution in [-0.2, 0) is 10.0 Å². The smallest absolute Gasteiger partial charge is 0.252 e. The van der Waals surface area contributed by atoms with Gasteiger partial charge in [-0.15, -0.1) is 11.3 Å². The Kier molecular flexibility index (Phi) is 4.24. The predicted molar refractivity (Wildman–Crippen MR) is 73.3 cm³/mol. The van der Waals surface area contributed by atoms with E-state index in [1.807, 2.05) is 0 Å². The van der Waals surface area contributed by atoms with Crippen molar-refractivity contribution in [2.24, 2.45) is 16.8 Å². The van der Waals surface area contributed by atoms with Gasteiger partial charge in [0.25, 0.3) is 5.91 Å². The summed E-state index contributed by atoms with van der Waals surface area (Å²) < 4.78 is 22.3. The fraction of sp³-hybridized carbons (Fsp3) is 0.545. The number of primary sulfonamides is 1. The Morgan fingerprint density at radius 2 is 2.21 bits per heavy atom. The Morgan fingerprint density at radius 1 is 1.47 bits per heavy atom. The first kappa shape index (κ1) is 14.4. The van der Waals surface area contributed by atoms with E-state index in [2.05, 4.69) is 5.32 Å². The molecule has 5 N–H and O–H groups in total. The van der Waals surface area contributed by atoms with Crippen molar-refractivity contribution in [2.45, 2.75) is 29.5 Å². The number of sulfonamides is 1. The lowest BCUT2D eigenvalue weighted by Crippen LogP contribution is -2.39. The highest BCUT2D eigenvalue weighted by Crippen LogP contribution is 2.25. The van der Waals surface area contributed by atoms with Crippen molar-refractivity contribution in [3.63, 3.8) is 0 Å². The molecule has 1 aromatic heterocycles. The standard InChI is InChI=1S/C11H17N3O3S2/c12-5-7-2-1-3-9(7)14-11(15)8-4-10(18-6-8)19(13,16)17/h4,6-7,9H,1-3,5,12H2,(H,14,15)(H2,13,16,17). The summed E-state index contributed by atoms with van der Waals surface area (Å²) in [5, 5.41) is 9.43. The van der Waals surface area contributed by atoms with E-state index in [-0.39, 0.29) is 16.2 Å². The van der Waals surface area contributed by atoms with E-state index in [1.165, 1.54) is 11.4 Å². The number of amides is 1. The Balaban J connectivity index is 2.06. The van der Waals surface area contributed by atoms with Crippen molar-refractivity contribution in [3.05, 3.63) is 17.0 Å². The molecule has 0 radical (unpaired) electrons. The lowest BCUT2D eigenvalue weighted by atomic mass is 10.0. The van der Waals surface area contributed by atoms with Crippen LogP contribution in [-0.4, -0.2) is 26.9 Å². The van der Waals surface area contributed by atoms with Gasteiger partial charge in [-0.25, -0.2) is 13.6 Å². The van der Waals surface area contributed by atoms with Crippen molar-refractivity contribution < 1.29 is 13.2 Å². The fourth-order valence-electron chi connectivity index (χ4n) is 2.35. The number of carbonyl (C=O) groups is 1. The summed E-state index contributed by atoms with van der Waals surface area (Å²) in [6.45, 7) is 0.553. The van der Waals surface area contributed by atoms with E-state index >= 15 is 0 Å². The Labute approximate surface area is 116 Å². The van der Waals surface area contributed by atoms with E-state index in [0.29, 0.717) is 18.0 Å². The van der Waals surface area contributed by atoms with Crippen LogP contribution in [0.25, 0.3) is 0 Å². The van der Waals surface area contributed by atoms with Gasteiger partial charge >= 0.3 is 0 Å². The van der Waals surface area contributed by atoms with Crippen LogP contribution in [0.3, 0.4) is 0 Å². The SMILES string of the molecule is NCC1CCCC1NC(=O)c1csc(S(N)(=O)=O)c1. The van der Waals surface area contributed by atoms with Gasteiger partial charge in [-0.2, -0.15) is 0 Å². The number of nitrogens with two attached hydrogens (primary N) is 2. The third-order valence-corrected chi connectivity index (χ3v) is 5.78. The molecule has 0 aliphatic heterocycles.